The second-order valence-corrected chi connectivity index (χ2v) is 5.51. The van der Waals surface area contributed by atoms with Gasteiger partial charge in [-0.15, -0.1) is 0 Å². The van der Waals surface area contributed by atoms with Gasteiger partial charge in [-0.3, -0.25) is 4.79 Å². The number of thiocarbonyl (C=S) groups is 1. The van der Waals surface area contributed by atoms with Crippen LogP contribution in [0.4, 0.5) is 0 Å². The summed E-state index contributed by atoms with van der Waals surface area (Å²) in [7, 11) is 0. The smallest absolute Gasteiger partial charge is 0.232 e. The molecule has 0 radical (unpaired) electrons. The Labute approximate surface area is 108 Å². The molecule has 17 heavy (non-hydrogen) atoms. The van der Waals surface area contributed by atoms with E-state index in [1.165, 1.54) is 0 Å². The normalized spacial score (nSPS) is 24.6. The molecule has 0 aromatic heterocycles. The van der Waals surface area contributed by atoms with Crippen molar-refractivity contribution >= 4 is 23.1 Å². The first-order chi connectivity index (χ1) is 7.89. The molecule has 1 amide bonds. The van der Waals surface area contributed by atoms with Gasteiger partial charge in [-0.1, -0.05) is 19.1 Å². The highest BCUT2D eigenvalue weighted by atomic mass is 32.1. The zero-order chi connectivity index (χ0) is 13.1. The van der Waals surface area contributed by atoms with Crippen LogP contribution < -0.4 is 11.1 Å². The van der Waals surface area contributed by atoms with Crippen LogP contribution >= 0.6 is 12.2 Å². The maximum atomic E-state index is 11.9. The van der Waals surface area contributed by atoms with Crippen molar-refractivity contribution in [1.82, 2.24) is 5.32 Å². The summed E-state index contributed by atoms with van der Waals surface area (Å²) in [6.07, 6.45) is 2.26. The summed E-state index contributed by atoms with van der Waals surface area (Å²) in [6, 6.07) is 0. The number of carbonyl (C=O) groups excluding carboxylic acids is 1. The van der Waals surface area contributed by atoms with Gasteiger partial charge in [-0.2, -0.15) is 0 Å². The molecule has 1 rings (SSSR count). The Kier molecular flexibility index (Phi) is 4.89. The minimum atomic E-state index is -0.781. The third-order valence-corrected chi connectivity index (χ3v) is 3.97. The summed E-state index contributed by atoms with van der Waals surface area (Å²) in [5, 5.41) is 2.92. The molecule has 98 valence electrons. The molecule has 1 fully saturated rings. The van der Waals surface area contributed by atoms with Crippen molar-refractivity contribution in [3.05, 3.63) is 0 Å². The molecule has 3 N–H and O–H groups in total. The van der Waals surface area contributed by atoms with Crippen LogP contribution in [-0.4, -0.2) is 30.2 Å². The second-order valence-electron chi connectivity index (χ2n) is 5.07. The van der Waals surface area contributed by atoms with E-state index in [0.717, 1.165) is 19.4 Å². The van der Waals surface area contributed by atoms with Crippen LogP contribution in [0.2, 0.25) is 0 Å². The van der Waals surface area contributed by atoms with Crippen LogP contribution in [-0.2, 0) is 9.53 Å². The topological polar surface area (TPSA) is 64.3 Å². The van der Waals surface area contributed by atoms with Crippen molar-refractivity contribution in [3.63, 3.8) is 0 Å². The number of rotatable bonds is 5. The van der Waals surface area contributed by atoms with Crippen molar-refractivity contribution in [3.8, 4) is 0 Å². The van der Waals surface area contributed by atoms with Crippen molar-refractivity contribution < 1.29 is 9.53 Å². The van der Waals surface area contributed by atoms with E-state index in [1.807, 2.05) is 0 Å². The summed E-state index contributed by atoms with van der Waals surface area (Å²) < 4.78 is 5.58. The molecule has 2 unspecified atom stereocenters. The number of carbonyl (C=O) groups is 1. The van der Waals surface area contributed by atoms with E-state index in [2.05, 4.69) is 12.2 Å². The number of nitrogens with one attached hydrogen (secondary N) is 1. The number of ether oxygens (including phenoxy) is 1. The van der Waals surface area contributed by atoms with Crippen molar-refractivity contribution in [2.75, 3.05) is 13.2 Å². The maximum absolute atomic E-state index is 11.9. The lowest BCUT2D eigenvalue weighted by atomic mass is 9.91. The number of hydrogen-bond acceptors (Lipinski definition) is 3. The lowest BCUT2D eigenvalue weighted by Gasteiger charge is -2.24. The van der Waals surface area contributed by atoms with E-state index < -0.39 is 5.41 Å². The van der Waals surface area contributed by atoms with Gasteiger partial charge in [0.2, 0.25) is 5.91 Å². The molecule has 5 heteroatoms. The van der Waals surface area contributed by atoms with E-state index in [0.29, 0.717) is 12.5 Å². The summed E-state index contributed by atoms with van der Waals surface area (Å²) in [4.78, 5) is 12.2. The predicted molar refractivity (Wildman–Crippen MR) is 71.7 cm³/mol. The predicted octanol–water partition coefficient (Wildman–Crippen LogP) is 1.23. The minimum absolute atomic E-state index is 0.105. The maximum Gasteiger partial charge on any atom is 0.232 e. The lowest BCUT2D eigenvalue weighted by molar-refractivity contribution is -0.126. The molecule has 1 aliphatic heterocycles. The van der Waals surface area contributed by atoms with Crippen molar-refractivity contribution in [2.24, 2.45) is 17.1 Å². The molecule has 4 nitrogen and oxygen atoms in total. The van der Waals surface area contributed by atoms with E-state index >= 15 is 0 Å². The molecule has 0 spiro atoms. The molecule has 1 aliphatic rings. The van der Waals surface area contributed by atoms with Crippen molar-refractivity contribution in [2.45, 2.75) is 39.7 Å². The fraction of sp³-hybridized carbons (Fsp3) is 0.833. The first-order valence-corrected chi connectivity index (χ1v) is 6.50. The molecule has 0 bridgehead atoms. The van der Waals surface area contributed by atoms with Gasteiger partial charge < -0.3 is 15.8 Å². The third kappa shape index (κ3) is 3.39. The van der Waals surface area contributed by atoms with Crippen LogP contribution in [0.1, 0.15) is 33.6 Å². The molecule has 0 aliphatic carbocycles. The average Bonchev–Trinajstić information content (AvgIpc) is 2.72. The highest BCUT2D eigenvalue weighted by molar-refractivity contribution is 7.80. The van der Waals surface area contributed by atoms with Gasteiger partial charge >= 0.3 is 0 Å². The first-order valence-electron chi connectivity index (χ1n) is 6.09. The van der Waals surface area contributed by atoms with Gasteiger partial charge in [0.15, 0.2) is 0 Å². The highest BCUT2D eigenvalue weighted by Crippen LogP contribution is 2.23. The average molecular weight is 258 g/mol. The van der Waals surface area contributed by atoms with E-state index in [4.69, 9.17) is 22.7 Å². The molecule has 1 saturated heterocycles. The van der Waals surface area contributed by atoms with Crippen LogP contribution in [0.3, 0.4) is 0 Å². The second kappa shape index (κ2) is 5.78. The van der Waals surface area contributed by atoms with Gasteiger partial charge in [0.05, 0.1) is 16.5 Å². The summed E-state index contributed by atoms with van der Waals surface area (Å²) >= 11 is 4.90. The largest absolute Gasteiger partial charge is 0.392 e. The Bertz CT molecular complexity index is 305. The van der Waals surface area contributed by atoms with Gasteiger partial charge in [0.25, 0.3) is 0 Å². The zero-order valence-electron chi connectivity index (χ0n) is 10.8. The SMILES string of the molecule is CCC1OCCC1CNC(=O)C(C)(C)C(N)=S. The van der Waals surface area contributed by atoms with E-state index in [1.54, 1.807) is 13.8 Å². The quantitative estimate of drug-likeness (QED) is 0.728. The Morgan fingerprint density at radius 3 is 2.76 bits per heavy atom. The van der Waals surface area contributed by atoms with Gasteiger partial charge in [-0.25, -0.2) is 0 Å². The molecule has 0 aromatic rings. The van der Waals surface area contributed by atoms with Crippen LogP contribution in [0.5, 0.6) is 0 Å². The van der Waals surface area contributed by atoms with Crippen LogP contribution in [0, 0.1) is 11.3 Å². The third-order valence-electron chi connectivity index (χ3n) is 3.46. The molecule has 2 atom stereocenters. The summed E-state index contributed by atoms with van der Waals surface area (Å²) in [5.41, 5.74) is 4.77. The first kappa shape index (κ1) is 14.4. The Morgan fingerprint density at radius 2 is 2.24 bits per heavy atom. The molecule has 1 heterocycles. The molecule has 0 saturated carbocycles. The lowest BCUT2D eigenvalue weighted by Crippen LogP contribution is -2.46. The number of hydrogen-bond donors (Lipinski definition) is 2. The van der Waals surface area contributed by atoms with E-state index in [9.17, 15) is 4.79 Å². The number of amides is 1. The molecular formula is C12H22N2O2S. The Balaban J connectivity index is 2.45. The van der Waals surface area contributed by atoms with Gasteiger partial charge in [-0.05, 0) is 26.7 Å². The number of nitrogens with two attached hydrogens (primary N) is 1. The fourth-order valence-electron chi connectivity index (χ4n) is 1.93. The minimum Gasteiger partial charge on any atom is -0.392 e. The van der Waals surface area contributed by atoms with Crippen LogP contribution in [0.25, 0.3) is 0 Å². The zero-order valence-corrected chi connectivity index (χ0v) is 11.6. The summed E-state index contributed by atoms with van der Waals surface area (Å²) in [5.74, 6) is 0.304. The van der Waals surface area contributed by atoms with Gasteiger partial charge in [0, 0.05) is 19.1 Å². The molecule has 0 aromatic carbocycles. The molecular weight excluding hydrogens is 236 g/mol. The highest BCUT2D eigenvalue weighted by Gasteiger charge is 2.33. The fourth-order valence-corrected chi connectivity index (χ4v) is 2.03. The van der Waals surface area contributed by atoms with Crippen molar-refractivity contribution in [1.29, 1.82) is 0 Å². The standard InChI is InChI=1S/C12H22N2O2S/c1-4-9-8(5-6-16-9)7-14-11(15)12(2,3)10(13)17/h8-9H,4-7H2,1-3H3,(H2,13,17)(H,14,15). The Hall–Kier alpha value is -0.680. The monoisotopic (exact) mass is 258 g/mol. The Morgan fingerprint density at radius 1 is 1.59 bits per heavy atom. The van der Waals surface area contributed by atoms with Gasteiger partial charge in [0.1, 0.15) is 0 Å². The summed E-state index contributed by atoms with van der Waals surface area (Å²) in [6.45, 7) is 7.02. The van der Waals surface area contributed by atoms with Crippen LogP contribution in [0.15, 0.2) is 0 Å². The van der Waals surface area contributed by atoms with E-state index in [-0.39, 0.29) is 17.0 Å².